The van der Waals surface area contributed by atoms with Gasteiger partial charge in [-0.15, -0.1) is 0 Å². The fraction of sp³-hybridized carbons (Fsp3) is 0.111. The molecule has 0 bridgehead atoms. The van der Waals surface area contributed by atoms with Gasteiger partial charge in [0.1, 0.15) is 11.9 Å². The minimum atomic E-state index is -3.95. The lowest BCUT2D eigenvalue weighted by atomic mass is 10.2. The van der Waals surface area contributed by atoms with Crippen molar-refractivity contribution in [2.24, 2.45) is 7.05 Å². The molecular formula is C18H15ClN4O6S. The Bertz CT molecular complexity index is 1240. The van der Waals surface area contributed by atoms with E-state index in [4.69, 9.17) is 16.3 Å². The van der Waals surface area contributed by atoms with Crippen molar-refractivity contribution in [3.05, 3.63) is 69.5 Å². The first-order valence-electron chi connectivity index (χ1n) is 8.31. The predicted octanol–water partition coefficient (Wildman–Crippen LogP) is 3.08. The second kappa shape index (κ2) is 8.13. The molecule has 1 heterocycles. The number of rotatable bonds is 6. The third-order valence-corrected chi connectivity index (χ3v) is 6.14. The van der Waals surface area contributed by atoms with Gasteiger partial charge in [-0.1, -0.05) is 11.6 Å². The Morgan fingerprint density at radius 3 is 2.47 bits per heavy atom. The highest BCUT2D eigenvalue weighted by atomic mass is 35.5. The molecule has 12 heteroatoms. The van der Waals surface area contributed by atoms with Gasteiger partial charge in [-0.25, -0.2) is 8.42 Å². The molecular weight excluding hydrogens is 436 g/mol. The maximum Gasteiger partial charge on any atom is 0.320 e. The van der Waals surface area contributed by atoms with Crippen LogP contribution in [-0.2, 0) is 16.9 Å². The normalized spacial score (nSPS) is 11.2. The first-order chi connectivity index (χ1) is 14.1. The summed E-state index contributed by atoms with van der Waals surface area (Å²) < 4.78 is 32.1. The van der Waals surface area contributed by atoms with Crippen molar-refractivity contribution in [2.75, 3.05) is 12.4 Å². The quantitative estimate of drug-likeness (QED) is 0.450. The smallest absolute Gasteiger partial charge is 0.320 e. The van der Waals surface area contributed by atoms with Crippen molar-refractivity contribution < 1.29 is 22.9 Å². The maximum atomic E-state index is 13.0. The number of methoxy groups -OCH3 is 1. The van der Waals surface area contributed by atoms with E-state index in [2.05, 4.69) is 10.4 Å². The summed E-state index contributed by atoms with van der Waals surface area (Å²) in [5.41, 5.74) is -0.695. The SMILES string of the molecule is COc1cc(NC(=O)c2c([N+](=O)[O-])cnn2C)cc(S(=O)(=O)c2ccc(Cl)cc2)c1. The Labute approximate surface area is 176 Å². The predicted molar refractivity (Wildman–Crippen MR) is 108 cm³/mol. The van der Waals surface area contributed by atoms with Gasteiger partial charge in [-0.3, -0.25) is 19.6 Å². The molecule has 156 valence electrons. The van der Waals surface area contributed by atoms with E-state index in [0.717, 1.165) is 10.9 Å². The summed E-state index contributed by atoms with van der Waals surface area (Å²) in [6, 6.07) is 9.51. The Morgan fingerprint density at radius 1 is 1.20 bits per heavy atom. The first-order valence-corrected chi connectivity index (χ1v) is 10.2. The molecule has 0 aliphatic heterocycles. The summed E-state index contributed by atoms with van der Waals surface area (Å²) in [4.78, 5) is 22.9. The molecule has 0 aliphatic carbocycles. The number of hydrogen-bond acceptors (Lipinski definition) is 7. The van der Waals surface area contributed by atoms with Crippen molar-refractivity contribution in [1.82, 2.24) is 9.78 Å². The van der Waals surface area contributed by atoms with Gasteiger partial charge in [0.15, 0.2) is 0 Å². The minimum Gasteiger partial charge on any atom is -0.497 e. The van der Waals surface area contributed by atoms with Crippen LogP contribution in [0.5, 0.6) is 5.75 Å². The Hall–Kier alpha value is -3.44. The molecule has 2 aromatic carbocycles. The number of aromatic nitrogens is 2. The van der Waals surface area contributed by atoms with Crippen LogP contribution in [0.25, 0.3) is 0 Å². The minimum absolute atomic E-state index is 0.000276. The van der Waals surface area contributed by atoms with Crippen LogP contribution in [0.4, 0.5) is 11.4 Å². The van der Waals surface area contributed by atoms with Crippen LogP contribution in [0.15, 0.2) is 58.5 Å². The van der Waals surface area contributed by atoms with Crippen LogP contribution in [0.3, 0.4) is 0 Å². The van der Waals surface area contributed by atoms with Crippen molar-refractivity contribution in [3.8, 4) is 5.75 Å². The third-order valence-electron chi connectivity index (χ3n) is 4.14. The number of aryl methyl sites for hydroxylation is 1. The van der Waals surface area contributed by atoms with Crippen LogP contribution in [0.2, 0.25) is 5.02 Å². The average molecular weight is 451 g/mol. The molecule has 0 spiro atoms. The molecule has 0 radical (unpaired) electrons. The molecule has 1 aromatic heterocycles. The lowest BCUT2D eigenvalue weighted by Crippen LogP contribution is -2.18. The Kier molecular flexibility index (Phi) is 5.76. The maximum absolute atomic E-state index is 13.0. The molecule has 1 N–H and O–H groups in total. The second-order valence-electron chi connectivity index (χ2n) is 6.07. The molecule has 10 nitrogen and oxygen atoms in total. The molecule has 1 amide bonds. The average Bonchev–Trinajstić information content (AvgIpc) is 3.10. The molecule has 0 saturated heterocycles. The van der Waals surface area contributed by atoms with Gasteiger partial charge in [0, 0.05) is 23.8 Å². The zero-order chi connectivity index (χ0) is 22.1. The van der Waals surface area contributed by atoms with Crippen LogP contribution < -0.4 is 10.1 Å². The molecule has 0 atom stereocenters. The third kappa shape index (κ3) is 4.11. The first kappa shape index (κ1) is 21.3. The largest absolute Gasteiger partial charge is 0.497 e. The fourth-order valence-corrected chi connectivity index (χ4v) is 4.13. The molecule has 3 rings (SSSR count). The second-order valence-corrected chi connectivity index (χ2v) is 8.45. The number of nitro groups is 1. The van der Waals surface area contributed by atoms with Crippen LogP contribution in [0.1, 0.15) is 10.5 Å². The van der Waals surface area contributed by atoms with Gasteiger partial charge in [0.05, 0.1) is 21.8 Å². The molecule has 0 fully saturated rings. The summed E-state index contributed by atoms with van der Waals surface area (Å²) in [5, 5.41) is 17.7. The summed E-state index contributed by atoms with van der Waals surface area (Å²) in [5.74, 6) is -0.662. The summed E-state index contributed by atoms with van der Waals surface area (Å²) >= 11 is 5.82. The lowest BCUT2D eigenvalue weighted by molar-refractivity contribution is -0.385. The standard InChI is InChI=1S/C18H15ClN4O6S/c1-22-17(16(10-20-22)23(25)26)18(24)21-12-7-13(29-2)9-15(8-12)30(27,28)14-5-3-11(19)4-6-14/h3-10H,1-2H3,(H,21,24). The highest BCUT2D eigenvalue weighted by molar-refractivity contribution is 7.91. The van der Waals surface area contributed by atoms with E-state index in [1.165, 1.54) is 56.6 Å². The van der Waals surface area contributed by atoms with E-state index in [-0.39, 0.29) is 26.9 Å². The number of sulfone groups is 1. The van der Waals surface area contributed by atoms with Gasteiger partial charge < -0.3 is 10.1 Å². The zero-order valence-corrected chi connectivity index (χ0v) is 17.3. The van der Waals surface area contributed by atoms with Crippen LogP contribution in [-0.4, -0.2) is 36.1 Å². The Balaban J connectivity index is 2.02. The van der Waals surface area contributed by atoms with Crippen molar-refractivity contribution in [3.63, 3.8) is 0 Å². The molecule has 3 aromatic rings. The number of benzene rings is 2. The monoisotopic (exact) mass is 450 g/mol. The number of halogens is 1. The summed E-state index contributed by atoms with van der Waals surface area (Å²) in [7, 11) is -1.23. The van der Waals surface area contributed by atoms with Crippen molar-refractivity contribution in [1.29, 1.82) is 0 Å². The highest BCUT2D eigenvalue weighted by Gasteiger charge is 2.26. The number of nitrogens with one attached hydrogen (secondary N) is 1. The summed E-state index contributed by atoms with van der Waals surface area (Å²) in [6.07, 6.45) is 0.955. The number of anilines is 1. The van der Waals surface area contributed by atoms with Gasteiger partial charge >= 0.3 is 5.69 Å². The van der Waals surface area contributed by atoms with E-state index < -0.39 is 26.4 Å². The molecule has 0 unspecified atom stereocenters. The number of carbonyl (C=O) groups excluding carboxylic acids is 1. The van der Waals surface area contributed by atoms with Gasteiger partial charge in [-0.2, -0.15) is 5.10 Å². The zero-order valence-electron chi connectivity index (χ0n) is 15.7. The van der Waals surface area contributed by atoms with Crippen molar-refractivity contribution in [2.45, 2.75) is 9.79 Å². The van der Waals surface area contributed by atoms with Gasteiger partial charge in [0.2, 0.25) is 15.5 Å². The van der Waals surface area contributed by atoms with Crippen LogP contribution >= 0.6 is 11.6 Å². The van der Waals surface area contributed by atoms with Gasteiger partial charge in [0.25, 0.3) is 5.91 Å². The number of ether oxygens (including phenoxy) is 1. The highest BCUT2D eigenvalue weighted by Crippen LogP contribution is 2.29. The van der Waals surface area contributed by atoms with E-state index >= 15 is 0 Å². The number of hydrogen-bond donors (Lipinski definition) is 1. The Morgan fingerprint density at radius 2 is 1.87 bits per heavy atom. The van der Waals surface area contributed by atoms with Crippen molar-refractivity contribution >= 4 is 38.7 Å². The van der Waals surface area contributed by atoms with E-state index in [1.54, 1.807) is 0 Å². The van der Waals surface area contributed by atoms with E-state index in [9.17, 15) is 23.3 Å². The van der Waals surface area contributed by atoms with Crippen LogP contribution in [0, 0.1) is 10.1 Å². The summed E-state index contributed by atoms with van der Waals surface area (Å²) in [6.45, 7) is 0. The fourth-order valence-electron chi connectivity index (χ4n) is 2.68. The topological polar surface area (TPSA) is 133 Å². The number of amides is 1. The molecule has 0 aliphatic rings. The number of carbonyl (C=O) groups is 1. The van der Waals surface area contributed by atoms with E-state index in [1.807, 2.05) is 0 Å². The molecule has 0 saturated carbocycles. The molecule has 30 heavy (non-hydrogen) atoms. The van der Waals surface area contributed by atoms with E-state index in [0.29, 0.717) is 5.02 Å². The lowest BCUT2D eigenvalue weighted by Gasteiger charge is -2.11. The van der Waals surface area contributed by atoms with Gasteiger partial charge in [-0.05, 0) is 36.4 Å². The number of nitrogens with zero attached hydrogens (tertiary/aromatic N) is 3.